The molecule has 2 heterocycles. The normalized spacial score (nSPS) is 11.1. The molecule has 122 valence electrons. The maximum Gasteiger partial charge on any atom is 0.330 e. The first-order chi connectivity index (χ1) is 10.9. The van der Waals surface area contributed by atoms with Gasteiger partial charge in [0.1, 0.15) is 5.76 Å². The van der Waals surface area contributed by atoms with Crippen LogP contribution in [0.1, 0.15) is 18.2 Å². The smallest absolute Gasteiger partial charge is 0.330 e. The van der Waals surface area contributed by atoms with Crippen molar-refractivity contribution in [2.45, 2.75) is 13.5 Å². The van der Waals surface area contributed by atoms with Gasteiger partial charge in [0.05, 0.1) is 18.4 Å². The molecule has 7 nitrogen and oxygen atoms in total. The SMILES string of the molecule is CCN(Cc1ccco1)C(=O)/C=C/c1cn(C)c(=O)n(C)c1=O. The Labute approximate surface area is 133 Å². The van der Waals surface area contributed by atoms with E-state index in [-0.39, 0.29) is 11.5 Å². The number of carbonyl (C=O) groups is 1. The minimum absolute atomic E-state index is 0.236. The lowest BCUT2D eigenvalue weighted by atomic mass is 10.2. The summed E-state index contributed by atoms with van der Waals surface area (Å²) >= 11 is 0. The van der Waals surface area contributed by atoms with Gasteiger partial charge < -0.3 is 13.9 Å². The van der Waals surface area contributed by atoms with Crippen molar-refractivity contribution < 1.29 is 9.21 Å². The number of hydrogen-bond donors (Lipinski definition) is 0. The number of rotatable bonds is 5. The second-order valence-electron chi connectivity index (χ2n) is 5.11. The third kappa shape index (κ3) is 3.68. The summed E-state index contributed by atoms with van der Waals surface area (Å²) in [5.74, 6) is 0.450. The van der Waals surface area contributed by atoms with Crippen molar-refractivity contribution in [1.82, 2.24) is 14.0 Å². The Bertz CT molecular complexity index is 828. The van der Waals surface area contributed by atoms with Gasteiger partial charge in [0.25, 0.3) is 5.56 Å². The highest BCUT2D eigenvalue weighted by Gasteiger charge is 2.11. The van der Waals surface area contributed by atoms with Crippen molar-refractivity contribution in [3.8, 4) is 0 Å². The number of nitrogens with zero attached hydrogens (tertiary/aromatic N) is 3. The number of hydrogen-bond acceptors (Lipinski definition) is 4. The van der Waals surface area contributed by atoms with Crippen molar-refractivity contribution in [2.75, 3.05) is 6.54 Å². The van der Waals surface area contributed by atoms with Gasteiger partial charge >= 0.3 is 5.69 Å². The zero-order valence-electron chi connectivity index (χ0n) is 13.4. The van der Waals surface area contributed by atoms with Gasteiger partial charge in [0, 0.05) is 32.9 Å². The number of carbonyl (C=O) groups excluding carboxylic acids is 1. The minimum Gasteiger partial charge on any atom is -0.467 e. The van der Waals surface area contributed by atoms with Crippen molar-refractivity contribution in [2.24, 2.45) is 14.1 Å². The summed E-state index contributed by atoms with van der Waals surface area (Å²) in [6, 6.07) is 3.56. The van der Waals surface area contributed by atoms with Crippen LogP contribution >= 0.6 is 0 Å². The zero-order valence-corrected chi connectivity index (χ0v) is 13.4. The summed E-state index contributed by atoms with van der Waals surface area (Å²) in [6.07, 6.45) is 5.72. The standard InChI is InChI=1S/C16H19N3O4/c1-4-19(11-13-6-5-9-23-13)14(20)8-7-12-10-17(2)16(22)18(3)15(12)21/h5-10H,4,11H2,1-3H3/b8-7+. The van der Waals surface area contributed by atoms with E-state index in [4.69, 9.17) is 4.42 Å². The van der Waals surface area contributed by atoms with E-state index in [9.17, 15) is 14.4 Å². The minimum atomic E-state index is -0.439. The molecular formula is C16H19N3O4. The van der Waals surface area contributed by atoms with Crippen LogP contribution in [0.15, 0.2) is 44.7 Å². The Morgan fingerprint density at radius 2 is 2.09 bits per heavy atom. The van der Waals surface area contributed by atoms with Crippen LogP contribution in [0.3, 0.4) is 0 Å². The van der Waals surface area contributed by atoms with E-state index in [2.05, 4.69) is 0 Å². The highest BCUT2D eigenvalue weighted by atomic mass is 16.3. The summed E-state index contributed by atoms with van der Waals surface area (Å²) in [4.78, 5) is 37.5. The maximum atomic E-state index is 12.2. The third-order valence-electron chi connectivity index (χ3n) is 3.50. The maximum absolute atomic E-state index is 12.2. The molecule has 0 fully saturated rings. The van der Waals surface area contributed by atoms with Gasteiger partial charge in [0.15, 0.2) is 0 Å². The molecule has 0 saturated heterocycles. The van der Waals surface area contributed by atoms with Gasteiger partial charge in [-0.15, -0.1) is 0 Å². The molecular weight excluding hydrogens is 298 g/mol. The molecule has 23 heavy (non-hydrogen) atoms. The molecule has 2 aromatic heterocycles. The highest BCUT2D eigenvalue weighted by Crippen LogP contribution is 2.06. The Kier molecular flexibility index (Phi) is 5.00. The zero-order chi connectivity index (χ0) is 17.0. The van der Waals surface area contributed by atoms with Crippen LogP contribution in [0.4, 0.5) is 0 Å². The molecule has 0 bridgehead atoms. The van der Waals surface area contributed by atoms with Crippen LogP contribution in [0.2, 0.25) is 0 Å². The molecule has 2 aromatic rings. The summed E-state index contributed by atoms with van der Waals surface area (Å²) in [5, 5.41) is 0. The largest absolute Gasteiger partial charge is 0.467 e. The topological polar surface area (TPSA) is 77.5 Å². The van der Waals surface area contributed by atoms with E-state index >= 15 is 0 Å². The van der Waals surface area contributed by atoms with E-state index < -0.39 is 11.2 Å². The average Bonchev–Trinajstić information content (AvgIpc) is 3.05. The molecule has 1 amide bonds. The lowest BCUT2D eigenvalue weighted by Gasteiger charge is -2.17. The van der Waals surface area contributed by atoms with Crippen LogP contribution in [0.25, 0.3) is 6.08 Å². The van der Waals surface area contributed by atoms with E-state index in [0.717, 1.165) is 4.57 Å². The summed E-state index contributed by atoms with van der Waals surface area (Å²) in [6.45, 7) is 2.73. The number of aryl methyl sites for hydroxylation is 1. The molecule has 0 atom stereocenters. The molecule has 0 aromatic carbocycles. The molecule has 0 aliphatic rings. The second kappa shape index (κ2) is 6.95. The Hall–Kier alpha value is -2.83. The van der Waals surface area contributed by atoms with Gasteiger partial charge in [0.2, 0.25) is 5.91 Å². The third-order valence-corrected chi connectivity index (χ3v) is 3.50. The summed E-state index contributed by atoms with van der Waals surface area (Å²) < 4.78 is 7.54. The predicted octanol–water partition coefficient (Wildman–Crippen LogP) is 0.739. The number of furan rings is 1. The number of amides is 1. The van der Waals surface area contributed by atoms with Crippen molar-refractivity contribution >= 4 is 12.0 Å². The Morgan fingerprint density at radius 1 is 1.35 bits per heavy atom. The van der Waals surface area contributed by atoms with Gasteiger partial charge in [-0.1, -0.05) is 0 Å². The quantitative estimate of drug-likeness (QED) is 0.762. The van der Waals surface area contributed by atoms with Crippen LogP contribution in [0, 0.1) is 0 Å². The predicted molar refractivity (Wildman–Crippen MR) is 85.8 cm³/mol. The molecule has 7 heteroatoms. The van der Waals surface area contributed by atoms with Gasteiger partial charge in [-0.25, -0.2) is 4.79 Å². The van der Waals surface area contributed by atoms with Crippen LogP contribution in [-0.4, -0.2) is 26.5 Å². The lowest BCUT2D eigenvalue weighted by Crippen LogP contribution is -2.37. The van der Waals surface area contributed by atoms with E-state index in [0.29, 0.717) is 18.8 Å². The Morgan fingerprint density at radius 3 is 2.70 bits per heavy atom. The molecule has 0 spiro atoms. The fraction of sp³-hybridized carbons (Fsp3) is 0.312. The average molecular weight is 317 g/mol. The second-order valence-corrected chi connectivity index (χ2v) is 5.11. The van der Waals surface area contributed by atoms with E-state index in [1.165, 1.54) is 30.0 Å². The molecule has 0 radical (unpaired) electrons. The molecule has 2 rings (SSSR count). The number of likely N-dealkylation sites (N-methyl/N-ethyl adjacent to an activating group) is 1. The van der Waals surface area contributed by atoms with E-state index in [1.807, 2.05) is 6.92 Å². The van der Waals surface area contributed by atoms with Crippen molar-refractivity contribution in [3.63, 3.8) is 0 Å². The van der Waals surface area contributed by atoms with Crippen LogP contribution < -0.4 is 11.2 Å². The van der Waals surface area contributed by atoms with Crippen LogP contribution in [0.5, 0.6) is 0 Å². The molecule has 0 unspecified atom stereocenters. The van der Waals surface area contributed by atoms with Crippen molar-refractivity contribution in [3.05, 3.63) is 62.8 Å². The first kappa shape index (κ1) is 16.5. The first-order valence-electron chi connectivity index (χ1n) is 7.20. The highest BCUT2D eigenvalue weighted by molar-refractivity contribution is 5.91. The summed E-state index contributed by atoms with van der Waals surface area (Å²) in [7, 11) is 2.95. The van der Waals surface area contributed by atoms with Crippen LogP contribution in [-0.2, 0) is 25.4 Å². The molecule has 0 N–H and O–H groups in total. The fourth-order valence-corrected chi connectivity index (χ4v) is 2.15. The molecule has 0 saturated carbocycles. The Balaban J connectivity index is 2.20. The van der Waals surface area contributed by atoms with E-state index in [1.54, 1.807) is 30.3 Å². The van der Waals surface area contributed by atoms with Crippen molar-refractivity contribution in [1.29, 1.82) is 0 Å². The van der Waals surface area contributed by atoms with Gasteiger partial charge in [-0.3, -0.25) is 14.2 Å². The summed E-state index contributed by atoms with van der Waals surface area (Å²) in [5.41, 5.74) is -0.574. The fourth-order valence-electron chi connectivity index (χ4n) is 2.15. The van der Waals surface area contributed by atoms with Gasteiger partial charge in [-0.05, 0) is 25.1 Å². The lowest BCUT2D eigenvalue weighted by molar-refractivity contribution is -0.126. The first-order valence-corrected chi connectivity index (χ1v) is 7.20. The molecule has 0 aliphatic heterocycles. The monoisotopic (exact) mass is 317 g/mol. The number of aromatic nitrogens is 2. The van der Waals surface area contributed by atoms with Gasteiger partial charge in [-0.2, -0.15) is 0 Å². The molecule has 0 aliphatic carbocycles.